The Kier molecular flexibility index (Phi) is 3.87. The largest absolute Gasteiger partial charge is 0.454 e. The van der Waals surface area contributed by atoms with E-state index in [4.69, 9.17) is 9.47 Å². The average molecular weight is 332 g/mol. The minimum absolute atomic E-state index is 0.00247. The van der Waals surface area contributed by atoms with Crippen molar-refractivity contribution in [1.29, 1.82) is 0 Å². The van der Waals surface area contributed by atoms with Crippen molar-refractivity contribution in [3.8, 4) is 22.8 Å². The lowest BCUT2D eigenvalue weighted by Crippen LogP contribution is -2.36. The highest BCUT2D eigenvalue weighted by atomic mass is 32.1. The van der Waals surface area contributed by atoms with E-state index in [1.54, 1.807) is 0 Å². The zero-order valence-electron chi connectivity index (χ0n) is 13.1. The van der Waals surface area contributed by atoms with Crippen molar-refractivity contribution in [2.45, 2.75) is 38.8 Å². The Bertz CT molecular complexity index is 767. The van der Waals surface area contributed by atoms with Gasteiger partial charge in [-0.3, -0.25) is 9.69 Å². The number of hydrogen-bond donors (Lipinski definition) is 1. The third-order valence-corrected chi connectivity index (χ3v) is 5.54. The van der Waals surface area contributed by atoms with Crippen LogP contribution in [-0.2, 0) is 6.54 Å². The predicted octanol–water partition coefficient (Wildman–Crippen LogP) is 3.21. The number of aromatic nitrogens is 1. The van der Waals surface area contributed by atoms with Gasteiger partial charge in [0.25, 0.3) is 0 Å². The molecule has 1 fully saturated rings. The minimum atomic E-state index is -0.00247. The fraction of sp³-hybridized carbons (Fsp3) is 0.471. The summed E-state index contributed by atoms with van der Waals surface area (Å²) in [7, 11) is 0. The number of thiazole rings is 1. The van der Waals surface area contributed by atoms with Crippen LogP contribution < -0.4 is 14.3 Å². The molecule has 0 saturated carbocycles. The van der Waals surface area contributed by atoms with Crippen LogP contribution in [0.25, 0.3) is 11.3 Å². The summed E-state index contributed by atoms with van der Waals surface area (Å²) in [6.07, 6.45) is 3.78. The first-order valence-electron chi connectivity index (χ1n) is 8.07. The van der Waals surface area contributed by atoms with Gasteiger partial charge in [0.05, 0.1) is 5.69 Å². The lowest BCUT2D eigenvalue weighted by atomic mass is 10.0. The monoisotopic (exact) mass is 332 g/mol. The quantitative estimate of drug-likeness (QED) is 0.938. The molecule has 3 heterocycles. The zero-order valence-corrected chi connectivity index (χ0v) is 13.9. The number of nitrogens with one attached hydrogen (secondary N) is 1. The van der Waals surface area contributed by atoms with Gasteiger partial charge in [0.1, 0.15) is 0 Å². The van der Waals surface area contributed by atoms with Crippen LogP contribution in [0, 0.1) is 0 Å². The van der Waals surface area contributed by atoms with Gasteiger partial charge in [0.2, 0.25) is 6.79 Å². The molecule has 4 rings (SSSR count). The molecule has 6 heteroatoms. The number of rotatable bonds is 3. The van der Waals surface area contributed by atoms with E-state index in [2.05, 4.69) is 16.8 Å². The van der Waals surface area contributed by atoms with Crippen molar-refractivity contribution in [3.05, 3.63) is 32.7 Å². The third-order valence-electron chi connectivity index (χ3n) is 4.67. The summed E-state index contributed by atoms with van der Waals surface area (Å²) in [5.74, 6) is 1.50. The van der Waals surface area contributed by atoms with Gasteiger partial charge in [-0.1, -0.05) is 17.8 Å². The molecule has 1 unspecified atom stereocenters. The van der Waals surface area contributed by atoms with E-state index in [1.165, 1.54) is 30.6 Å². The van der Waals surface area contributed by atoms with Gasteiger partial charge in [-0.2, -0.15) is 0 Å². The van der Waals surface area contributed by atoms with Crippen LogP contribution in [0.4, 0.5) is 0 Å². The molecule has 2 aliphatic heterocycles. The number of nitrogens with zero attached hydrogens (tertiary/aromatic N) is 1. The number of piperidine rings is 1. The van der Waals surface area contributed by atoms with Crippen LogP contribution in [0.2, 0.25) is 0 Å². The van der Waals surface area contributed by atoms with Gasteiger partial charge in [0, 0.05) is 23.0 Å². The van der Waals surface area contributed by atoms with E-state index in [1.807, 2.05) is 18.2 Å². The number of benzene rings is 1. The van der Waals surface area contributed by atoms with E-state index in [0.29, 0.717) is 6.04 Å². The topological polar surface area (TPSA) is 54.6 Å². The maximum atomic E-state index is 11.9. The molecule has 0 bridgehead atoms. The lowest BCUT2D eigenvalue weighted by Gasteiger charge is -2.33. The number of ether oxygens (including phenoxy) is 2. The molecule has 1 saturated heterocycles. The fourth-order valence-electron chi connectivity index (χ4n) is 3.33. The van der Waals surface area contributed by atoms with Gasteiger partial charge >= 0.3 is 4.87 Å². The molecule has 0 amide bonds. The molecule has 0 radical (unpaired) electrons. The summed E-state index contributed by atoms with van der Waals surface area (Å²) in [4.78, 5) is 18.5. The second kappa shape index (κ2) is 6.02. The van der Waals surface area contributed by atoms with Gasteiger partial charge in [0.15, 0.2) is 11.5 Å². The van der Waals surface area contributed by atoms with E-state index in [0.717, 1.165) is 40.7 Å². The van der Waals surface area contributed by atoms with Gasteiger partial charge in [-0.25, -0.2) is 0 Å². The van der Waals surface area contributed by atoms with E-state index in [9.17, 15) is 4.79 Å². The average Bonchev–Trinajstić information content (AvgIpc) is 3.15. The summed E-state index contributed by atoms with van der Waals surface area (Å²) >= 11 is 1.31. The third kappa shape index (κ3) is 2.88. The SMILES string of the molecule is CC1CCCCN1Cc1sc(=O)[nH]c1-c1ccc2c(c1)OCO2. The maximum Gasteiger partial charge on any atom is 0.305 e. The van der Waals surface area contributed by atoms with Crippen LogP contribution in [0.1, 0.15) is 31.1 Å². The van der Waals surface area contributed by atoms with Crippen LogP contribution in [-0.4, -0.2) is 29.3 Å². The minimum Gasteiger partial charge on any atom is -0.454 e. The molecule has 1 N–H and O–H groups in total. The van der Waals surface area contributed by atoms with Gasteiger partial charge in [-0.05, 0) is 44.5 Å². The molecule has 2 aliphatic rings. The Hall–Kier alpha value is -1.79. The summed E-state index contributed by atoms with van der Waals surface area (Å²) in [5, 5.41) is 0. The highest BCUT2D eigenvalue weighted by Gasteiger charge is 2.22. The first-order valence-corrected chi connectivity index (χ1v) is 8.88. The summed E-state index contributed by atoms with van der Waals surface area (Å²) in [6, 6.07) is 6.41. The van der Waals surface area contributed by atoms with Gasteiger partial charge in [-0.15, -0.1) is 0 Å². The Morgan fingerprint density at radius 3 is 3.04 bits per heavy atom. The molecule has 0 aliphatic carbocycles. The first-order chi connectivity index (χ1) is 11.2. The Labute approximate surface area is 138 Å². The molecule has 122 valence electrons. The van der Waals surface area contributed by atoms with Gasteiger partial charge < -0.3 is 14.5 Å². The van der Waals surface area contributed by atoms with Crippen molar-refractivity contribution in [3.63, 3.8) is 0 Å². The summed E-state index contributed by atoms with van der Waals surface area (Å²) in [6.45, 7) is 4.47. The van der Waals surface area contributed by atoms with E-state index in [-0.39, 0.29) is 11.7 Å². The number of aromatic amines is 1. The molecule has 1 aromatic carbocycles. The van der Waals surface area contributed by atoms with Crippen molar-refractivity contribution >= 4 is 11.3 Å². The zero-order chi connectivity index (χ0) is 15.8. The van der Waals surface area contributed by atoms with E-state index < -0.39 is 0 Å². The second-order valence-electron chi connectivity index (χ2n) is 6.20. The summed E-state index contributed by atoms with van der Waals surface area (Å²) < 4.78 is 10.8. The molecule has 1 atom stereocenters. The molecular weight excluding hydrogens is 312 g/mol. The van der Waals surface area contributed by atoms with Crippen molar-refractivity contribution < 1.29 is 9.47 Å². The Balaban J connectivity index is 1.65. The van der Waals surface area contributed by atoms with Crippen LogP contribution in [0.5, 0.6) is 11.5 Å². The van der Waals surface area contributed by atoms with Crippen molar-refractivity contribution in [2.24, 2.45) is 0 Å². The fourth-order valence-corrected chi connectivity index (χ4v) is 4.21. The lowest BCUT2D eigenvalue weighted by molar-refractivity contribution is 0.154. The Morgan fingerprint density at radius 1 is 1.30 bits per heavy atom. The van der Waals surface area contributed by atoms with Crippen molar-refractivity contribution in [1.82, 2.24) is 9.88 Å². The molecule has 0 spiro atoms. The standard InChI is InChI=1S/C17H20N2O3S/c1-11-4-2-3-7-19(11)9-15-16(18-17(20)23-15)12-5-6-13-14(8-12)22-10-21-13/h5-6,8,11H,2-4,7,9-10H2,1H3,(H,18,20). The number of H-pyrrole nitrogens is 1. The molecule has 1 aromatic heterocycles. The highest BCUT2D eigenvalue weighted by molar-refractivity contribution is 7.09. The Morgan fingerprint density at radius 2 is 2.17 bits per heavy atom. The van der Waals surface area contributed by atoms with Crippen molar-refractivity contribution in [2.75, 3.05) is 13.3 Å². The molecule has 5 nitrogen and oxygen atoms in total. The first kappa shape index (κ1) is 14.8. The van der Waals surface area contributed by atoms with Crippen LogP contribution in [0.3, 0.4) is 0 Å². The molecule has 23 heavy (non-hydrogen) atoms. The van der Waals surface area contributed by atoms with E-state index >= 15 is 0 Å². The maximum absolute atomic E-state index is 11.9. The number of fused-ring (bicyclic) bond motifs is 1. The predicted molar refractivity (Wildman–Crippen MR) is 90.2 cm³/mol. The molecule has 2 aromatic rings. The normalized spacial score (nSPS) is 20.8. The van der Waals surface area contributed by atoms with Crippen LogP contribution >= 0.6 is 11.3 Å². The highest BCUT2D eigenvalue weighted by Crippen LogP contribution is 2.37. The van der Waals surface area contributed by atoms with Crippen LogP contribution in [0.15, 0.2) is 23.0 Å². The second-order valence-corrected chi connectivity index (χ2v) is 7.26. The molecular formula is C17H20N2O3S. The summed E-state index contributed by atoms with van der Waals surface area (Å²) in [5.41, 5.74) is 1.89. The number of hydrogen-bond acceptors (Lipinski definition) is 5. The smallest absolute Gasteiger partial charge is 0.305 e. The number of likely N-dealkylation sites (tertiary alicyclic amines) is 1.